The van der Waals surface area contributed by atoms with Gasteiger partial charge in [-0.05, 0) is 35.0 Å². The fourth-order valence-electron chi connectivity index (χ4n) is 3.36. The average molecular weight is 465 g/mol. The summed E-state index contributed by atoms with van der Waals surface area (Å²) >= 11 is 7.52. The third kappa shape index (κ3) is 5.18. The van der Waals surface area contributed by atoms with Crippen LogP contribution in [0.4, 0.5) is 0 Å². The zero-order chi connectivity index (χ0) is 22.5. The fraction of sp³-hybridized carbons (Fsp3) is 0.167. The first-order chi connectivity index (χ1) is 15.5. The maximum atomic E-state index is 12.9. The normalized spacial score (nSPS) is 10.9. The lowest BCUT2D eigenvalue weighted by Crippen LogP contribution is -2.23. The van der Waals surface area contributed by atoms with Crippen LogP contribution in [-0.4, -0.2) is 38.8 Å². The van der Waals surface area contributed by atoms with Crippen LogP contribution in [0.1, 0.15) is 23.1 Å². The molecule has 1 heterocycles. The number of benzene rings is 3. The second-order valence-electron chi connectivity index (χ2n) is 7.22. The molecule has 4 rings (SSSR count). The molecule has 0 fully saturated rings. The van der Waals surface area contributed by atoms with Gasteiger partial charge in [-0.2, -0.15) is 0 Å². The quantitative estimate of drug-likeness (QED) is 0.301. The molecule has 0 aliphatic carbocycles. The summed E-state index contributed by atoms with van der Waals surface area (Å²) in [5, 5.41) is 14.7. The molecule has 3 aromatic carbocycles. The number of amides is 1. The monoisotopic (exact) mass is 464 g/mol. The molecule has 1 amide bonds. The van der Waals surface area contributed by atoms with Crippen molar-refractivity contribution < 1.29 is 9.59 Å². The van der Waals surface area contributed by atoms with Crippen molar-refractivity contribution in [3.8, 4) is 5.69 Å². The highest BCUT2D eigenvalue weighted by Crippen LogP contribution is 2.25. The number of halogens is 1. The van der Waals surface area contributed by atoms with Crippen LogP contribution in [0, 0.1) is 0 Å². The molecule has 0 aliphatic rings. The van der Waals surface area contributed by atoms with E-state index >= 15 is 0 Å². The summed E-state index contributed by atoms with van der Waals surface area (Å²) in [4.78, 5) is 24.1. The van der Waals surface area contributed by atoms with E-state index in [-0.39, 0.29) is 17.4 Å². The third-order valence-corrected chi connectivity index (χ3v) is 6.06. The summed E-state index contributed by atoms with van der Waals surface area (Å²) in [6.07, 6.45) is 0.498. The first-order valence-corrected chi connectivity index (χ1v) is 11.5. The molecule has 1 N–H and O–H groups in total. The first kappa shape index (κ1) is 22.0. The lowest BCUT2D eigenvalue weighted by molar-refractivity contribution is -0.118. The molecule has 0 saturated heterocycles. The van der Waals surface area contributed by atoms with Gasteiger partial charge in [0.2, 0.25) is 5.91 Å². The molecule has 0 unspecified atom stereocenters. The predicted molar refractivity (Wildman–Crippen MR) is 128 cm³/mol. The van der Waals surface area contributed by atoms with Crippen LogP contribution >= 0.6 is 23.4 Å². The zero-order valence-corrected chi connectivity index (χ0v) is 19.0. The number of rotatable bonds is 8. The number of carbonyl (C=O) groups excluding carboxylic acids is 2. The van der Waals surface area contributed by atoms with E-state index in [1.54, 1.807) is 6.07 Å². The minimum atomic E-state index is -0.102. The molecule has 8 heteroatoms. The Morgan fingerprint density at radius 2 is 1.81 bits per heavy atom. The molecule has 4 aromatic rings. The number of ketones is 1. The number of carbonyl (C=O) groups is 2. The molecule has 0 radical (unpaired) electrons. The van der Waals surface area contributed by atoms with E-state index in [0.717, 1.165) is 16.5 Å². The van der Waals surface area contributed by atoms with Gasteiger partial charge < -0.3 is 5.32 Å². The van der Waals surface area contributed by atoms with Gasteiger partial charge in [0.25, 0.3) is 0 Å². The molecular weight excluding hydrogens is 444 g/mol. The van der Waals surface area contributed by atoms with Gasteiger partial charge in [-0.1, -0.05) is 65.8 Å². The summed E-state index contributed by atoms with van der Waals surface area (Å²) in [6, 6.07) is 21.1. The van der Waals surface area contributed by atoms with Gasteiger partial charge in [0, 0.05) is 30.5 Å². The Kier molecular flexibility index (Phi) is 6.87. The highest BCUT2D eigenvalue weighted by molar-refractivity contribution is 7.99. The van der Waals surface area contributed by atoms with Gasteiger partial charge in [-0.25, -0.2) is 0 Å². The smallest absolute Gasteiger partial charge is 0.216 e. The van der Waals surface area contributed by atoms with Crippen molar-refractivity contribution in [2.45, 2.75) is 18.5 Å². The molecule has 0 atom stereocenters. The van der Waals surface area contributed by atoms with Crippen molar-refractivity contribution in [2.24, 2.45) is 0 Å². The number of hydrogen-bond acceptors (Lipinski definition) is 5. The van der Waals surface area contributed by atoms with Crippen LogP contribution in [0.5, 0.6) is 0 Å². The topological polar surface area (TPSA) is 76.9 Å². The minimum absolute atomic E-state index is 0.0150. The summed E-state index contributed by atoms with van der Waals surface area (Å²) in [7, 11) is 0. The van der Waals surface area contributed by atoms with E-state index in [0.29, 0.717) is 34.5 Å². The number of aromatic nitrogens is 3. The largest absolute Gasteiger partial charge is 0.356 e. The van der Waals surface area contributed by atoms with Crippen LogP contribution in [0.25, 0.3) is 16.5 Å². The van der Waals surface area contributed by atoms with Gasteiger partial charge in [0.15, 0.2) is 10.9 Å². The highest BCUT2D eigenvalue weighted by atomic mass is 35.5. The molecule has 0 aliphatic heterocycles. The molecule has 0 spiro atoms. The van der Waals surface area contributed by atoms with Crippen molar-refractivity contribution in [3.05, 3.63) is 83.1 Å². The Labute approximate surface area is 195 Å². The van der Waals surface area contributed by atoms with Crippen LogP contribution in [0.15, 0.2) is 71.9 Å². The number of Topliss-reactive ketones (excluding diaryl/α,β-unsaturated/α-hetero) is 1. The number of nitrogens with one attached hydrogen (secondary N) is 1. The van der Waals surface area contributed by atoms with Crippen molar-refractivity contribution in [3.63, 3.8) is 0 Å². The number of nitrogens with zero attached hydrogens (tertiary/aromatic N) is 3. The SMILES string of the molecule is CC(=O)NCCc1nnc(SCC(=O)c2ccc3ccccc3c2)n1-c1cccc(Cl)c1. The maximum Gasteiger partial charge on any atom is 0.216 e. The summed E-state index contributed by atoms with van der Waals surface area (Å²) in [5.41, 5.74) is 1.47. The van der Waals surface area contributed by atoms with Crippen LogP contribution in [0.2, 0.25) is 5.02 Å². The summed E-state index contributed by atoms with van der Waals surface area (Å²) in [6.45, 7) is 1.91. The Bertz CT molecular complexity index is 1290. The minimum Gasteiger partial charge on any atom is -0.356 e. The third-order valence-electron chi connectivity index (χ3n) is 4.89. The molecule has 0 bridgehead atoms. The Hall–Kier alpha value is -3.16. The predicted octanol–water partition coefficient (Wildman–Crippen LogP) is 4.73. The van der Waals surface area contributed by atoms with Crippen LogP contribution < -0.4 is 5.32 Å². The second-order valence-corrected chi connectivity index (χ2v) is 8.60. The molecule has 1 aromatic heterocycles. The lowest BCUT2D eigenvalue weighted by atomic mass is 10.1. The standard InChI is InChI=1S/C24H21ClN4O2S/c1-16(30)26-12-11-23-27-28-24(29(23)21-8-4-7-20(25)14-21)32-15-22(31)19-10-9-17-5-2-3-6-18(17)13-19/h2-10,13-14H,11-12,15H2,1H3,(H,26,30). The first-order valence-electron chi connectivity index (χ1n) is 10.1. The van der Waals surface area contributed by atoms with Crippen molar-refractivity contribution in [1.29, 1.82) is 0 Å². The van der Waals surface area contributed by atoms with Gasteiger partial charge in [-0.3, -0.25) is 14.2 Å². The van der Waals surface area contributed by atoms with Gasteiger partial charge in [-0.15, -0.1) is 10.2 Å². The van der Waals surface area contributed by atoms with Crippen LogP contribution in [-0.2, 0) is 11.2 Å². The number of hydrogen-bond donors (Lipinski definition) is 1. The Morgan fingerprint density at radius 3 is 2.59 bits per heavy atom. The molecule has 6 nitrogen and oxygen atoms in total. The van der Waals surface area contributed by atoms with Crippen molar-refractivity contribution >= 4 is 45.8 Å². The van der Waals surface area contributed by atoms with E-state index < -0.39 is 0 Å². The van der Waals surface area contributed by atoms with Gasteiger partial charge >= 0.3 is 0 Å². The number of thioether (sulfide) groups is 1. The van der Waals surface area contributed by atoms with Gasteiger partial charge in [0.05, 0.1) is 11.4 Å². The zero-order valence-electron chi connectivity index (χ0n) is 17.4. The molecule has 0 saturated carbocycles. The fourth-order valence-corrected chi connectivity index (χ4v) is 4.41. The molecule has 162 valence electrons. The van der Waals surface area contributed by atoms with Crippen LogP contribution in [0.3, 0.4) is 0 Å². The lowest BCUT2D eigenvalue weighted by Gasteiger charge is -2.11. The highest BCUT2D eigenvalue weighted by Gasteiger charge is 2.17. The van der Waals surface area contributed by atoms with E-state index in [4.69, 9.17) is 11.6 Å². The Morgan fingerprint density at radius 1 is 1.00 bits per heavy atom. The molecular formula is C24H21ClN4O2S. The second kappa shape index (κ2) is 9.97. The van der Waals surface area contributed by atoms with Crippen molar-refractivity contribution in [1.82, 2.24) is 20.1 Å². The summed E-state index contributed by atoms with van der Waals surface area (Å²) in [5.74, 6) is 0.820. The van der Waals surface area contributed by atoms with E-state index in [1.165, 1.54) is 18.7 Å². The summed E-state index contributed by atoms with van der Waals surface area (Å²) < 4.78 is 1.88. The van der Waals surface area contributed by atoms with E-state index in [1.807, 2.05) is 65.2 Å². The molecule has 32 heavy (non-hydrogen) atoms. The van der Waals surface area contributed by atoms with E-state index in [9.17, 15) is 9.59 Å². The average Bonchev–Trinajstić information content (AvgIpc) is 3.19. The maximum absolute atomic E-state index is 12.9. The van der Waals surface area contributed by atoms with Crippen molar-refractivity contribution in [2.75, 3.05) is 12.3 Å². The number of fused-ring (bicyclic) bond motifs is 1. The van der Waals surface area contributed by atoms with E-state index in [2.05, 4.69) is 15.5 Å². The Balaban J connectivity index is 1.56. The van der Waals surface area contributed by atoms with Gasteiger partial charge in [0.1, 0.15) is 5.82 Å².